The molecule has 3 aliphatic rings. The number of hydrogen-bond acceptors (Lipinski definition) is 10. The molecule has 0 aromatic carbocycles. The fraction of sp³-hybridized carbons (Fsp3) is 0.818. The number of hydrogen-bond donors (Lipinski definition) is 2. The standard InChI is InChI=1S/C33H52O10/c1-10-12-14-24(37)42-28-25(17(3)4)26-21-15-18(5)27(38)29(41-20(7)35)31(43-23(36)13-11-2)32(21,8)16-22(40-19(6)34)33(26,9)30(28)39/h15,17,21-22,25-31,38-39H,10-14,16H2,1-9H3/t21-,22+,25-,26+,27+,28-,29+,30+,31-,32-,33+/m0/s1. The van der Waals surface area contributed by atoms with E-state index in [1.54, 1.807) is 6.92 Å². The fourth-order valence-corrected chi connectivity index (χ4v) is 8.12. The van der Waals surface area contributed by atoms with Crippen LogP contribution in [-0.4, -0.2) is 70.7 Å². The first-order chi connectivity index (χ1) is 20.0. The molecule has 2 N–H and O–H groups in total. The second-order valence-electron chi connectivity index (χ2n) is 13.6. The molecule has 2 saturated carbocycles. The van der Waals surface area contributed by atoms with Gasteiger partial charge in [-0.1, -0.05) is 54.0 Å². The predicted octanol–water partition coefficient (Wildman–Crippen LogP) is 4.28. The van der Waals surface area contributed by atoms with Gasteiger partial charge in [-0.3, -0.25) is 19.2 Å². The molecule has 0 radical (unpaired) electrons. The van der Waals surface area contributed by atoms with E-state index < -0.39 is 83.2 Å². The smallest absolute Gasteiger partial charge is 0.306 e. The van der Waals surface area contributed by atoms with Crippen molar-refractivity contribution in [2.75, 3.05) is 0 Å². The Hall–Kier alpha value is -2.46. The Labute approximate surface area is 255 Å². The molecule has 10 nitrogen and oxygen atoms in total. The summed E-state index contributed by atoms with van der Waals surface area (Å²) in [6.45, 7) is 15.9. The van der Waals surface area contributed by atoms with E-state index in [-0.39, 0.29) is 31.1 Å². The Morgan fingerprint density at radius 1 is 0.907 bits per heavy atom. The van der Waals surface area contributed by atoms with Crippen LogP contribution < -0.4 is 0 Å². The molecule has 11 atom stereocenters. The molecule has 2 fully saturated rings. The maximum atomic E-state index is 13.0. The summed E-state index contributed by atoms with van der Waals surface area (Å²) in [5.74, 6) is -3.38. The molecular formula is C33H52O10. The van der Waals surface area contributed by atoms with Crippen LogP contribution in [0.15, 0.2) is 11.6 Å². The highest BCUT2D eigenvalue weighted by Crippen LogP contribution is 2.67. The summed E-state index contributed by atoms with van der Waals surface area (Å²) in [5, 5.41) is 23.5. The molecule has 0 heterocycles. The van der Waals surface area contributed by atoms with Gasteiger partial charge < -0.3 is 29.2 Å². The van der Waals surface area contributed by atoms with Crippen LogP contribution in [0.5, 0.6) is 0 Å². The molecular weight excluding hydrogens is 556 g/mol. The van der Waals surface area contributed by atoms with E-state index in [0.29, 0.717) is 18.4 Å². The van der Waals surface area contributed by atoms with Crippen LogP contribution in [-0.2, 0) is 38.1 Å². The summed E-state index contributed by atoms with van der Waals surface area (Å²) in [6, 6.07) is 0. The Morgan fingerprint density at radius 3 is 2.05 bits per heavy atom. The molecule has 0 bridgehead atoms. The van der Waals surface area contributed by atoms with Crippen LogP contribution >= 0.6 is 0 Å². The van der Waals surface area contributed by atoms with Crippen molar-refractivity contribution in [1.82, 2.24) is 0 Å². The van der Waals surface area contributed by atoms with Crippen molar-refractivity contribution in [1.29, 1.82) is 0 Å². The molecule has 0 amide bonds. The molecule has 0 spiro atoms. The van der Waals surface area contributed by atoms with Gasteiger partial charge in [0.1, 0.15) is 30.5 Å². The van der Waals surface area contributed by atoms with Gasteiger partial charge in [0.15, 0.2) is 6.10 Å². The number of ether oxygens (including phenoxy) is 4. The predicted molar refractivity (Wildman–Crippen MR) is 157 cm³/mol. The lowest BCUT2D eigenvalue weighted by Gasteiger charge is -2.58. The highest BCUT2D eigenvalue weighted by molar-refractivity contribution is 5.70. The third-order valence-corrected chi connectivity index (χ3v) is 10.2. The maximum absolute atomic E-state index is 13.0. The number of fused-ring (bicyclic) bond motifs is 3. The number of unbranched alkanes of at least 4 members (excludes halogenated alkanes) is 1. The van der Waals surface area contributed by atoms with Crippen LogP contribution in [0, 0.1) is 34.5 Å². The molecule has 0 aromatic heterocycles. The van der Waals surface area contributed by atoms with Gasteiger partial charge in [-0.2, -0.15) is 0 Å². The third kappa shape index (κ3) is 6.65. The zero-order valence-corrected chi connectivity index (χ0v) is 27.3. The van der Waals surface area contributed by atoms with Crippen molar-refractivity contribution < 1.29 is 48.3 Å². The maximum Gasteiger partial charge on any atom is 0.306 e. The first kappa shape index (κ1) is 35.0. The Morgan fingerprint density at radius 2 is 1.51 bits per heavy atom. The SMILES string of the molecule is CCCCC(=O)O[C@H]1[C@@H](C(C)C)[C@H]2[C@@H]3C=C(C)[C@@H](O)[C@@H](OC(C)=O)[C@H](OC(=O)CCC)[C@@]3(C)C[C@@H](OC(C)=O)[C@@]2(C)[C@@H]1O. The van der Waals surface area contributed by atoms with Gasteiger partial charge in [0.2, 0.25) is 0 Å². The zero-order chi connectivity index (χ0) is 32.4. The van der Waals surface area contributed by atoms with Crippen LogP contribution in [0.1, 0.15) is 101 Å². The Kier molecular flexibility index (Phi) is 11.1. The number of rotatable bonds is 10. The van der Waals surface area contributed by atoms with Gasteiger partial charge in [0.05, 0.1) is 0 Å². The minimum atomic E-state index is -1.27. The first-order valence-electron chi connectivity index (χ1n) is 15.8. The highest BCUT2D eigenvalue weighted by Gasteiger charge is 2.72. The van der Waals surface area contributed by atoms with Crippen molar-refractivity contribution >= 4 is 23.9 Å². The van der Waals surface area contributed by atoms with Crippen LogP contribution in [0.4, 0.5) is 0 Å². The van der Waals surface area contributed by atoms with Crippen molar-refractivity contribution in [3.05, 3.63) is 11.6 Å². The molecule has 3 rings (SSSR count). The summed E-state index contributed by atoms with van der Waals surface area (Å²) in [7, 11) is 0. The van der Waals surface area contributed by atoms with Crippen molar-refractivity contribution in [2.24, 2.45) is 34.5 Å². The van der Waals surface area contributed by atoms with E-state index in [0.717, 1.165) is 6.42 Å². The van der Waals surface area contributed by atoms with Crippen LogP contribution in [0.3, 0.4) is 0 Å². The van der Waals surface area contributed by atoms with Gasteiger partial charge in [-0.05, 0) is 49.5 Å². The Bertz CT molecular complexity index is 1080. The van der Waals surface area contributed by atoms with Crippen LogP contribution in [0.2, 0.25) is 0 Å². The van der Waals surface area contributed by atoms with E-state index in [1.807, 2.05) is 47.6 Å². The summed E-state index contributed by atoms with van der Waals surface area (Å²) >= 11 is 0. The molecule has 10 heteroatoms. The summed E-state index contributed by atoms with van der Waals surface area (Å²) in [6.07, 6.45) is -2.01. The normalized spacial score (nSPS) is 38.7. The van der Waals surface area contributed by atoms with E-state index in [2.05, 4.69) is 0 Å². The molecule has 3 aliphatic carbocycles. The Balaban J connectivity index is 2.28. The minimum Gasteiger partial charge on any atom is -0.462 e. The second kappa shape index (κ2) is 13.7. The number of esters is 4. The summed E-state index contributed by atoms with van der Waals surface area (Å²) in [4.78, 5) is 50.8. The number of carbonyl (C=O) groups is 4. The average Bonchev–Trinajstić information content (AvgIpc) is 3.10. The molecule has 0 unspecified atom stereocenters. The van der Waals surface area contributed by atoms with E-state index in [9.17, 15) is 29.4 Å². The third-order valence-electron chi connectivity index (χ3n) is 10.2. The zero-order valence-electron chi connectivity index (χ0n) is 27.3. The van der Waals surface area contributed by atoms with Crippen molar-refractivity contribution in [3.8, 4) is 0 Å². The minimum absolute atomic E-state index is 0.0713. The van der Waals surface area contributed by atoms with Crippen LogP contribution in [0.25, 0.3) is 0 Å². The summed E-state index contributed by atoms with van der Waals surface area (Å²) in [5.41, 5.74) is -1.53. The lowest BCUT2D eigenvalue weighted by molar-refractivity contribution is -0.222. The van der Waals surface area contributed by atoms with Gasteiger partial charge in [0.25, 0.3) is 0 Å². The largest absolute Gasteiger partial charge is 0.462 e. The van der Waals surface area contributed by atoms with Gasteiger partial charge in [-0.15, -0.1) is 0 Å². The fourth-order valence-electron chi connectivity index (χ4n) is 8.12. The lowest BCUT2D eigenvalue weighted by atomic mass is 9.49. The quantitative estimate of drug-likeness (QED) is 0.209. The number of aliphatic hydroxyl groups is 2. The van der Waals surface area contributed by atoms with E-state index in [1.165, 1.54) is 13.8 Å². The lowest BCUT2D eigenvalue weighted by Crippen LogP contribution is -2.63. The molecule has 244 valence electrons. The monoisotopic (exact) mass is 608 g/mol. The molecule has 0 saturated heterocycles. The highest BCUT2D eigenvalue weighted by atomic mass is 16.6. The van der Waals surface area contributed by atoms with Gasteiger partial charge >= 0.3 is 23.9 Å². The van der Waals surface area contributed by atoms with E-state index >= 15 is 0 Å². The molecule has 0 aliphatic heterocycles. The number of allylic oxidation sites excluding steroid dienone is 1. The second-order valence-corrected chi connectivity index (χ2v) is 13.6. The van der Waals surface area contributed by atoms with Crippen molar-refractivity contribution in [3.63, 3.8) is 0 Å². The number of carbonyl (C=O) groups excluding carboxylic acids is 4. The van der Waals surface area contributed by atoms with Crippen molar-refractivity contribution in [2.45, 2.75) is 137 Å². The van der Waals surface area contributed by atoms with E-state index in [4.69, 9.17) is 18.9 Å². The van der Waals surface area contributed by atoms with Gasteiger partial charge in [-0.25, -0.2) is 0 Å². The van der Waals surface area contributed by atoms with Gasteiger partial charge in [0, 0.05) is 43.4 Å². The first-order valence-corrected chi connectivity index (χ1v) is 15.8. The molecule has 0 aromatic rings. The summed E-state index contributed by atoms with van der Waals surface area (Å²) < 4.78 is 23.8. The number of aliphatic hydroxyl groups excluding tert-OH is 2. The average molecular weight is 609 g/mol. The molecule has 43 heavy (non-hydrogen) atoms. The topological polar surface area (TPSA) is 146 Å².